The highest BCUT2D eigenvalue weighted by molar-refractivity contribution is 7.92. The lowest BCUT2D eigenvalue weighted by Gasteiger charge is -2.08. The number of hydrogen-bond acceptors (Lipinski definition) is 7. The normalized spacial score (nSPS) is 11.8. The van der Waals surface area contributed by atoms with Crippen LogP contribution in [0.3, 0.4) is 0 Å². The van der Waals surface area contributed by atoms with Crippen molar-refractivity contribution in [3.05, 3.63) is 81.6 Å². The maximum atomic E-state index is 13.3. The molecule has 1 aromatic carbocycles. The summed E-state index contributed by atoms with van der Waals surface area (Å²) in [6.07, 6.45) is -6.34. The number of halogens is 6. The average molecular weight is 593 g/mol. The van der Waals surface area contributed by atoms with Crippen molar-refractivity contribution in [3.63, 3.8) is 0 Å². The van der Waals surface area contributed by atoms with Crippen LogP contribution in [0.1, 0.15) is 40.6 Å². The number of nitrogens with one attached hydrogen (secondary N) is 2. The number of furan rings is 1. The molecule has 1 amide bonds. The molecule has 3 aromatic heterocycles. The Kier molecular flexibility index (Phi) is 7.89. The van der Waals surface area contributed by atoms with Crippen molar-refractivity contribution < 1.29 is 35.2 Å². The molecule has 3 heterocycles. The second-order valence-electron chi connectivity index (χ2n) is 7.43. The van der Waals surface area contributed by atoms with Crippen molar-refractivity contribution in [1.29, 1.82) is 0 Å². The van der Waals surface area contributed by atoms with E-state index in [2.05, 4.69) is 25.3 Å². The first-order valence-corrected chi connectivity index (χ1v) is 12.5. The fourth-order valence-electron chi connectivity index (χ4n) is 3.15. The molecule has 0 radical (unpaired) electrons. The zero-order chi connectivity index (χ0) is 27.6. The van der Waals surface area contributed by atoms with Crippen molar-refractivity contribution in [2.45, 2.75) is 24.3 Å². The minimum Gasteiger partial charge on any atom is -0.454 e. The van der Waals surface area contributed by atoms with Gasteiger partial charge in [-0.25, -0.2) is 26.0 Å². The summed E-state index contributed by atoms with van der Waals surface area (Å²) in [6.45, 7) is -0.489. The van der Waals surface area contributed by atoms with Gasteiger partial charge in [0, 0.05) is 5.69 Å². The lowest BCUT2D eigenvalue weighted by atomic mass is 10.3. The number of carbonyl (C=O) groups is 1. The Labute approximate surface area is 221 Å². The number of anilines is 2. The molecule has 200 valence electrons. The smallest absolute Gasteiger partial charge is 0.291 e. The molecule has 4 aromatic rings. The summed E-state index contributed by atoms with van der Waals surface area (Å²) in [7, 11) is -4.01. The fraction of sp³-hybridized carbons (Fsp3) is 0.143. The molecule has 0 bridgehead atoms. The lowest BCUT2D eigenvalue weighted by Crippen LogP contribution is -2.15. The molecular weight excluding hydrogens is 579 g/mol. The van der Waals surface area contributed by atoms with E-state index in [1.165, 1.54) is 48.5 Å². The van der Waals surface area contributed by atoms with E-state index in [-0.39, 0.29) is 33.1 Å². The Morgan fingerprint density at radius 3 is 2.29 bits per heavy atom. The lowest BCUT2D eigenvalue weighted by molar-refractivity contribution is 0.0994. The second kappa shape index (κ2) is 11.0. The molecule has 0 fully saturated rings. The van der Waals surface area contributed by atoms with Crippen LogP contribution in [0.25, 0.3) is 0 Å². The number of rotatable bonds is 9. The summed E-state index contributed by atoms with van der Waals surface area (Å²) in [5, 5.41) is 12.3. The van der Waals surface area contributed by atoms with Gasteiger partial charge in [0.05, 0.1) is 16.5 Å². The van der Waals surface area contributed by atoms with Crippen LogP contribution in [0, 0.1) is 0 Å². The summed E-state index contributed by atoms with van der Waals surface area (Å²) in [4.78, 5) is 12.4. The zero-order valence-electron chi connectivity index (χ0n) is 18.6. The van der Waals surface area contributed by atoms with Crippen molar-refractivity contribution >= 4 is 50.6 Å². The van der Waals surface area contributed by atoms with Gasteiger partial charge in [-0.2, -0.15) is 5.10 Å². The molecule has 0 aliphatic heterocycles. The van der Waals surface area contributed by atoms with Crippen LogP contribution >= 0.6 is 23.2 Å². The summed E-state index contributed by atoms with van der Waals surface area (Å²) in [5.41, 5.74) is -1.69. The minimum absolute atomic E-state index is 0.0325. The van der Waals surface area contributed by atoms with E-state index in [9.17, 15) is 30.8 Å². The van der Waals surface area contributed by atoms with E-state index < -0.39 is 51.7 Å². The highest BCUT2D eigenvalue weighted by atomic mass is 35.5. The number of alkyl halides is 4. The first-order valence-electron chi connectivity index (χ1n) is 10.3. The number of carbonyl (C=O) groups excluding carboxylic acids is 1. The van der Waals surface area contributed by atoms with Gasteiger partial charge in [-0.05, 0) is 48.5 Å². The van der Waals surface area contributed by atoms with Gasteiger partial charge in [0.25, 0.3) is 28.8 Å². The van der Waals surface area contributed by atoms with Crippen LogP contribution < -0.4 is 10.0 Å². The first kappa shape index (κ1) is 27.3. The van der Waals surface area contributed by atoms with Gasteiger partial charge in [-0.1, -0.05) is 23.2 Å². The minimum atomic E-state index is -4.01. The largest absolute Gasteiger partial charge is 0.454 e. The van der Waals surface area contributed by atoms with E-state index >= 15 is 0 Å². The molecule has 0 aliphatic rings. The molecule has 0 spiro atoms. The predicted octanol–water partition coefficient (Wildman–Crippen LogP) is 5.55. The Morgan fingerprint density at radius 2 is 1.68 bits per heavy atom. The van der Waals surface area contributed by atoms with Crippen molar-refractivity contribution in [3.8, 4) is 0 Å². The van der Waals surface area contributed by atoms with Crippen LogP contribution in [-0.4, -0.2) is 34.3 Å². The van der Waals surface area contributed by atoms with Crippen LogP contribution in [0.5, 0.6) is 0 Å². The van der Waals surface area contributed by atoms with Crippen molar-refractivity contribution in [2.24, 2.45) is 0 Å². The summed E-state index contributed by atoms with van der Waals surface area (Å²) < 4.78 is 85.8. The van der Waals surface area contributed by atoms with Gasteiger partial charge in [0.15, 0.2) is 16.7 Å². The third-order valence-electron chi connectivity index (χ3n) is 4.85. The van der Waals surface area contributed by atoms with Crippen molar-refractivity contribution in [1.82, 2.24) is 20.0 Å². The number of hydrogen-bond donors (Lipinski definition) is 2. The van der Waals surface area contributed by atoms with Gasteiger partial charge in [-0.15, -0.1) is 10.2 Å². The molecule has 38 heavy (non-hydrogen) atoms. The standard InChI is InChI=1S/C21H14Cl2F4N6O4S/c22-14-7-8-15(30-29-14)32-38(35,36)12-4-1-10(2-5-12)28-21(34)13-6-3-11(37-13)9-33-18(20(26)27)16(23)17(31-33)19(24)25/h1-8,19-20H,9H2,(H,28,34)(H,30,32). The Balaban J connectivity index is 1.43. The summed E-state index contributed by atoms with van der Waals surface area (Å²) in [5.74, 6) is -1.06. The number of sulfonamides is 1. The van der Waals surface area contributed by atoms with Crippen molar-refractivity contribution in [2.75, 3.05) is 10.0 Å². The maximum Gasteiger partial charge on any atom is 0.291 e. The van der Waals surface area contributed by atoms with E-state index in [1.54, 1.807) is 0 Å². The van der Waals surface area contributed by atoms with E-state index in [4.69, 9.17) is 27.6 Å². The van der Waals surface area contributed by atoms with Crippen LogP contribution in [0.15, 0.2) is 57.8 Å². The van der Waals surface area contributed by atoms with E-state index in [1.807, 2.05) is 0 Å². The molecule has 0 saturated carbocycles. The van der Waals surface area contributed by atoms with Gasteiger partial charge in [-0.3, -0.25) is 14.2 Å². The summed E-state index contributed by atoms with van der Waals surface area (Å²) in [6, 6.07) is 10.3. The van der Waals surface area contributed by atoms with Crippen LogP contribution in [0.4, 0.5) is 29.1 Å². The monoisotopic (exact) mass is 592 g/mol. The highest BCUT2D eigenvalue weighted by Crippen LogP contribution is 2.35. The number of benzene rings is 1. The van der Waals surface area contributed by atoms with E-state index in [0.29, 0.717) is 4.68 Å². The molecule has 2 N–H and O–H groups in total. The Bertz CT molecular complexity index is 1560. The molecule has 0 aliphatic carbocycles. The Hall–Kier alpha value is -3.69. The molecule has 10 nitrogen and oxygen atoms in total. The SMILES string of the molecule is O=C(Nc1ccc(S(=O)(=O)Nc2ccc(Cl)nn2)cc1)c1ccc(Cn2nc(C(F)F)c(Cl)c2C(F)F)o1. The quantitative estimate of drug-likeness (QED) is 0.243. The highest BCUT2D eigenvalue weighted by Gasteiger charge is 2.28. The third-order valence-corrected chi connectivity index (χ3v) is 6.81. The van der Waals surface area contributed by atoms with E-state index in [0.717, 1.165) is 0 Å². The van der Waals surface area contributed by atoms with Crippen LogP contribution in [-0.2, 0) is 16.6 Å². The third kappa shape index (κ3) is 6.06. The van der Waals surface area contributed by atoms with Crippen LogP contribution in [0.2, 0.25) is 10.2 Å². The molecule has 0 unspecified atom stereocenters. The summed E-state index contributed by atoms with van der Waals surface area (Å²) >= 11 is 11.2. The molecule has 4 rings (SSSR count). The topological polar surface area (TPSA) is 132 Å². The molecule has 17 heteroatoms. The zero-order valence-corrected chi connectivity index (χ0v) is 20.9. The average Bonchev–Trinajstić information content (AvgIpc) is 3.45. The second-order valence-corrected chi connectivity index (χ2v) is 9.88. The predicted molar refractivity (Wildman–Crippen MR) is 127 cm³/mol. The molecule has 0 atom stereocenters. The fourth-order valence-corrected chi connectivity index (χ4v) is 4.55. The number of nitrogens with zero attached hydrogens (tertiary/aromatic N) is 4. The first-order chi connectivity index (χ1) is 17.9. The molecular formula is C21H14Cl2F4N6O4S. The van der Waals surface area contributed by atoms with Gasteiger partial charge < -0.3 is 9.73 Å². The van der Waals surface area contributed by atoms with Gasteiger partial charge in [0.2, 0.25) is 0 Å². The Morgan fingerprint density at radius 1 is 0.974 bits per heavy atom. The van der Waals surface area contributed by atoms with Gasteiger partial charge >= 0.3 is 0 Å². The number of aromatic nitrogens is 4. The maximum absolute atomic E-state index is 13.3. The van der Waals surface area contributed by atoms with Gasteiger partial charge in [0.1, 0.15) is 17.1 Å². The molecule has 0 saturated heterocycles. The number of amides is 1.